The van der Waals surface area contributed by atoms with Crippen LogP contribution in [0.1, 0.15) is 50.7 Å². The lowest BCUT2D eigenvalue weighted by Crippen LogP contribution is -2.45. The lowest BCUT2D eigenvalue weighted by Gasteiger charge is -2.37. The number of anilines is 1. The van der Waals surface area contributed by atoms with Crippen LogP contribution >= 0.6 is 0 Å². The van der Waals surface area contributed by atoms with Gasteiger partial charge in [-0.2, -0.15) is 0 Å². The molecule has 2 aromatic rings. The van der Waals surface area contributed by atoms with Crippen LogP contribution in [0.25, 0.3) is 0 Å². The third-order valence-electron chi connectivity index (χ3n) is 6.10. The van der Waals surface area contributed by atoms with Gasteiger partial charge in [0.25, 0.3) is 0 Å². The molecule has 33 heavy (non-hydrogen) atoms. The van der Waals surface area contributed by atoms with E-state index in [1.807, 2.05) is 36.9 Å². The van der Waals surface area contributed by atoms with Crippen molar-refractivity contribution in [2.24, 2.45) is 0 Å². The largest absolute Gasteiger partial charge is 0.474 e. The third kappa shape index (κ3) is 6.35. The number of amides is 2. The average molecular weight is 457 g/mol. The fourth-order valence-corrected chi connectivity index (χ4v) is 4.54. The Kier molecular flexibility index (Phi) is 7.65. The molecular weight excluding hydrogens is 423 g/mol. The molecule has 1 aromatic carbocycles. The molecule has 1 saturated carbocycles. The zero-order valence-corrected chi connectivity index (χ0v) is 19.4. The number of rotatable bonds is 7. The Hall–Kier alpha value is -2.87. The second kappa shape index (κ2) is 10.8. The van der Waals surface area contributed by atoms with E-state index in [0.29, 0.717) is 36.8 Å². The number of pyridine rings is 1. The zero-order valence-electron chi connectivity index (χ0n) is 19.4. The average Bonchev–Trinajstić information content (AvgIpc) is 3.29. The fourth-order valence-electron chi connectivity index (χ4n) is 4.54. The Balaban J connectivity index is 1.28. The maximum absolute atomic E-state index is 14.8. The van der Waals surface area contributed by atoms with Crippen molar-refractivity contribution in [2.75, 3.05) is 18.0 Å². The summed E-state index contributed by atoms with van der Waals surface area (Å²) in [6, 6.07) is 8.51. The minimum absolute atomic E-state index is 0.0575. The Morgan fingerprint density at radius 1 is 1.15 bits per heavy atom. The van der Waals surface area contributed by atoms with Gasteiger partial charge in [-0.25, -0.2) is 14.2 Å². The molecule has 2 N–H and O–H groups in total. The van der Waals surface area contributed by atoms with E-state index in [1.54, 1.807) is 12.3 Å². The molecule has 2 heterocycles. The number of ether oxygens (including phenoxy) is 2. The predicted octanol–water partition coefficient (Wildman–Crippen LogP) is 4.16. The van der Waals surface area contributed by atoms with Crippen LogP contribution in [0.15, 0.2) is 36.5 Å². The highest BCUT2D eigenvalue weighted by Gasteiger charge is 2.24. The lowest BCUT2D eigenvalue weighted by molar-refractivity contribution is -0.00539. The Morgan fingerprint density at radius 3 is 2.61 bits per heavy atom. The Morgan fingerprint density at radius 2 is 1.88 bits per heavy atom. The zero-order chi connectivity index (χ0) is 23.2. The van der Waals surface area contributed by atoms with Crippen molar-refractivity contribution in [2.45, 2.75) is 70.9 Å². The van der Waals surface area contributed by atoms with E-state index in [-0.39, 0.29) is 36.7 Å². The van der Waals surface area contributed by atoms with E-state index in [2.05, 4.69) is 15.6 Å². The summed E-state index contributed by atoms with van der Waals surface area (Å²) in [6.45, 7) is 5.84. The highest BCUT2D eigenvalue weighted by atomic mass is 19.1. The van der Waals surface area contributed by atoms with Crippen LogP contribution in [0.5, 0.6) is 5.88 Å². The summed E-state index contributed by atoms with van der Waals surface area (Å²) in [7, 11) is 0. The molecule has 7 nitrogen and oxygen atoms in total. The Bertz CT molecular complexity index is 941. The second-order valence-electron chi connectivity index (χ2n) is 8.98. The highest BCUT2D eigenvalue weighted by molar-refractivity contribution is 5.73. The SMILES string of the molecule is CC1CN(c2ccc(CNC(=O)NCc3cccnc3OC3CCCC3)cc2F)CC(C)O1. The van der Waals surface area contributed by atoms with Crippen LogP contribution in [-0.2, 0) is 17.8 Å². The molecule has 2 amide bonds. The van der Waals surface area contributed by atoms with Crippen molar-refractivity contribution >= 4 is 11.7 Å². The summed E-state index contributed by atoms with van der Waals surface area (Å²) in [5, 5.41) is 5.63. The molecule has 0 bridgehead atoms. The molecule has 4 rings (SSSR count). The van der Waals surface area contributed by atoms with E-state index in [9.17, 15) is 9.18 Å². The van der Waals surface area contributed by atoms with E-state index in [4.69, 9.17) is 9.47 Å². The molecule has 1 aromatic heterocycles. The van der Waals surface area contributed by atoms with Gasteiger partial charge in [0.2, 0.25) is 5.88 Å². The quantitative estimate of drug-likeness (QED) is 0.655. The maximum Gasteiger partial charge on any atom is 0.315 e. The van der Waals surface area contributed by atoms with E-state index < -0.39 is 0 Å². The van der Waals surface area contributed by atoms with Crippen molar-refractivity contribution in [3.8, 4) is 5.88 Å². The Labute approximate surface area is 194 Å². The summed E-state index contributed by atoms with van der Waals surface area (Å²) in [5.41, 5.74) is 2.10. The molecule has 0 radical (unpaired) electrons. The lowest BCUT2D eigenvalue weighted by atomic mass is 10.1. The first-order valence-corrected chi connectivity index (χ1v) is 11.8. The molecule has 1 saturated heterocycles. The first-order valence-electron chi connectivity index (χ1n) is 11.8. The number of hydrogen-bond donors (Lipinski definition) is 2. The number of morpholine rings is 1. The fraction of sp³-hybridized carbons (Fsp3) is 0.520. The van der Waals surface area contributed by atoms with Crippen molar-refractivity contribution in [1.29, 1.82) is 0 Å². The summed E-state index contributed by atoms with van der Waals surface area (Å²) in [4.78, 5) is 18.7. The number of hydrogen-bond acceptors (Lipinski definition) is 5. The van der Waals surface area contributed by atoms with Gasteiger partial charge >= 0.3 is 6.03 Å². The number of aromatic nitrogens is 1. The normalized spacial score (nSPS) is 21.1. The molecule has 1 aliphatic heterocycles. The topological polar surface area (TPSA) is 75.7 Å². The number of urea groups is 1. The highest BCUT2D eigenvalue weighted by Crippen LogP contribution is 2.26. The molecule has 2 unspecified atom stereocenters. The number of nitrogens with one attached hydrogen (secondary N) is 2. The van der Waals surface area contributed by atoms with E-state index in [1.165, 1.54) is 18.9 Å². The van der Waals surface area contributed by atoms with Crippen LogP contribution in [-0.4, -0.2) is 42.4 Å². The smallest absolute Gasteiger partial charge is 0.315 e. The minimum atomic E-state index is -0.328. The van der Waals surface area contributed by atoms with Crippen molar-refractivity contribution in [1.82, 2.24) is 15.6 Å². The predicted molar refractivity (Wildman–Crippen MR) is 125 cm³/mol. The maximum atomic E-state index is 14.8. The molecular formula is C25H33FN4O3. The molecule has 2 fully saturated rings. The van der Waals surface area contributed by atoms with Crippen LogP contribution in [0.2, 0.25) is 0 Å². The van der Waals surface area contributed by atoms with E-state index >= 15 is 0 Å². The standard InChI is InChI=1S/C25H33FN4O3/c1-17-15-30(16-18(2)32-17)23-10-9-19(12-22(23)26)13-28-25(31)29-14-20-6-5-11-27-24(20)33-21-7-3-4-8-21/h5-6,9-12,17-18,21H,3-4,7-8,13-16H2,1-2H3,(H2,28,29,31). The van der Waals surface area contributed by atoms with Crippen molar-refractivity contribution in [3.63, 3.8) is 0 Å². The van der Waals surface area contributed by atoms with Crippen LogP contribution in [0.3, 0.4) is 0 Å². The van der Waals surface area contributed by atoms with Gasteiger partial charge in [-0.3, -0.25) is 0 Å². The summed E-state index contributed by atoms with van der Waals surface area (Å²) < 4.78 is 26.5. The first-order chi connectivity index (χ1) is 16.0. The number of carbonyl (C=O) groups is 1. The van der Waals surface area contributed by atoms with Gasteiger partial charge in [-0.1, -0.05) is 12.1 Å². The number of carbonyl (C=O) groups excluding carboxylic acids is 1. The molecule has 2 atom stereocenters. The van der Waals surface area contributed by atoms with Crippen LogP contribution in [0.4, 0.5) is 14.9 Å². The van der Waals surface area contributed by atoms with Crippen molar-refractivity contribution < 1.29 is 18.7 Å². The van der Waals surface area contributed by atoms with Gasteiger partial charge in [0.05, 0.1) is 17.9 Å². The minimum Gasteiger partial charge on any atom is -0.474 e. The summed E-state index contributed by atoms with van der Waals surface area (Å²) >= 11 is 0. The van der Waals surface area contributed by atoms with Gasteiger partial charge in [0.15, 0.2) is 0 Å². The summed E-state index contributed by atoms with van der Waals surface area (Å²) in [5.74, 6) is 0.286. The van der Waals surface area contributed by atoms with E-state index in [0.717, 1.165) is 18.4 Å². The monoisotopic (exact) mass is 456 g/mol. The first kappa shape index (κ1) is 23.3. The van der Waals surface area contributed by atoms with Gasteiger partial charge in [-0.05, 0) is 63.3 Å². The molecule has 0 spiro atoms. The third-order valence-corrected chi connectivity index (χ3v) is 6.10. The molecule has 178 valence electrons. The number of halogens is 1. The molecule has 8 heteroatoms. The van der Waals surface area contributed by atoms with Gasteiger partial charge in [-0.15, -0.1) is 0 Å². The number of benzene rings is 1. The van der Waals surface area contributed by atoms with Crippen molar-refractivity contribution in [3.05, 3.63) is 53.5 Å². The summed E-state index contributed by atoms with van der Waals surface area (Å²) in [6.07, 6.45) is 6.47. The van der Waals surface area contributed by atoms with Gasteiger partial charge < -0.3 is 25.0 Å². The second-order valence-corrected chi connectivity index (χ2v) is 8.98. The van der Waals surface area contributed by atoms with Crippen LogP contribution in [0, 0.1) is 5.82 Å². The van der Waals surface area contributed by atoms with Gasteiger partial charge in [0.1, 0.15) is 11.9 Å². The molecule has 2 aliphatic rings. The van der Waals surface area contributed by atoms with Gasteiger partial charge in [0, 0.05) is 37.9 Å². The van der Waals surface area contributed by atoms with Crippen LogP contribution < -0.4 is 20.3 Å². The number of nitrogens with zero attached hydrogens (tertiary/aromatic N) is 2. The molecule has 1 aliphatic carbocycles.